The molecule has 3 heteroatoms. The molecule has 0 saturated heterocycles. The molecule has 1 heterocycles. The van der Waals surface area contributed by atoms with E-state index in [0.717, 1.165) is 24.5 Å². The van der Waals surface area contributed by atoms with E-state index in [-0.39, 0.29) is 6.04 Å². The summed E-state index contributed by atoms with van der Waals surface area (Å²) >= 11 is 6.09. The Balaban J connectivity index is 1.75. The fourth-order valence-corrected chi connectivity index (χ4v) is 3.81. The third-order valence-corrected chi connectivity index (χ3v) is 5.12. The van der Waals surface area contributed by atoms with E-state index in [0.29, 0.717) is 5.75 Å². The van der Waals surface area contributed by atoms with Crippen molar-refractivity contribution in [1.82, 2.24) is 4.90 Å². The lowest BCUT2D eigenvalue weighted by atomic mass is 9.87. The van der Waals surface area contributed by atoms with Crippen LogP contribution in [0.1, 0.15) is 28.3 Å². The van der Waals surface area contributed by atoms with Crippen LogP contribution >= 0.6 is 11.6 Å². The number of fused-ring (bicyclic) bond motifs is 1. The Kier molecular flexibility index (Phi) is 4.48. The first kappa shape index (κ1) is 16.2. The summed E-state index contributed by atoms with van der Waals surface area (Å²) in [6.45, 7) is 1.85. The molecule has 1 aliphatic rings. The third-order valence-electron chi connectivity index (χ3n) is 4.87. The lowest BCUT2D eigenvalue weighted by Gasteiger charge is -2.38. The van der Waals surface area contributed by atoms with Gasteiger partial charge in [0.2, 0.25) is 0 Å². The van der Waals surface area contributed by atoms with Crippen molar-refractivity contribution < 1.29 is 5.11 Å². The van der Waals surface area contributed by atoms with Gasteiger partial charge in [-0.1, -0.05) is 60.1 Å². The number of nitrogens with zero attached hydrogens (tertiary/aromatic N) is 1. The van der Waals surface area contributed by atoms with E-state index in [1.165, 1.54) is 22.3 Å². The molecule has 1 atom stereocenters. The van der Waals surface area contributed by atoms with Crippen LogP contribution in [0.4, 0.5) is 0 Å². The van der Waals surface area contributed by atoms with Crippen LogP contribution in [-0.2, 0) is 13.0 Å². The Morgan fingerprint density at radius 2 is 1.72 bits per heavy atom. The molecule has 1 unspecified atom stereocenters. The van der Waals surface area contributed by atoms with Crippen molar-refractivity contribution in [3.63, 3.8) is 0 Å². The molecule has 0 aliphatic carbocycles. The normalized spacial score (nSPS) is 17.2. The highest BCUT2D eigenvalue weighted by atomic mass is 35.5. The van der Waals surface area contributed by atoms with Crippen molar-refractivity contribution in [2.24, 2.45) is 0 Å². The van der Waals surface area contributed by atoms with Crippen LogP contribution in [0.15, 0.2) is 72.8 Å². The summed E-state index contributed by atoms with van der Waals surface area (Å²) in [5, 5.41) is 10.6. The van der Waals surface area contributed by atoms with E-state index < -0.39 is 0 Å². The molecule has 0 amide bonds. The van der Waals surface area contributed by atoms with Crippen molar-refractivity contribution in [2.45, 2.75) is 19.0 Å². The SMILES string of the molecule is Oc1ccc2c(c1)CCN(Cc1ccccc1)C2c1ccc(Cl)cc1. The standard InChI is InChI=1S/C22H20ClNO/c23-19-8-6-17(7-9-19)22-21-11-10-20(25)14-18(21)12-13-24(22)15-16-4-2-1-3-5-16/h1-11,14,22,25H,12-13,15H2. The first-order valence-corrected chi connectivity index (χ1v) is 8.94. The Bertz CT molecular complexity index is 861. The summed E-state index contributed by atoms with van der Waals surface area (Å²) in [5.74, 6) is 0.338. The lowest BCUT2D eigenvalue weighted by Crippen LogP contribution is -2.35. The third kappa shape index (κ3) is 3.41. The number of rotatable bonds is 3. The van der Waals surface area contributed by atoms with Crippen molar-refractivity contribution in [3.8, 4) is 5.75 Å². The maximum absolute atomic E-state index is 9.85. The van der Waals surface area contributed by atoms with Crippen LogP contribution < -0.4 is 0 Å². The minimum atomic E-state index is 0.168. The van der Waals surface area contributed by atoms with Crippen molar-refractivity contribution in [1.29, 1.82) is 0 Å². The number of phenolic OH excluding ortho intramolecular Hbond substituents is 1. The molecule has 0 aromatic heterocycles. The van der Waals surface area contributed by atoms with Gasteiger partial charge in [0, 0.05) is 18.1 Å². The van der Waals surface area contributed by atoms with Crippen molar-refractivity contribution in [2.75, 3.05) is 6.54 Å². The van der Waals surface area contributed by atoms with Crippen molar-refractivity contribution >= 4 is 11.6 Å². The number of hydrogen-bond acceptors (Lipinski definition) is 2. The van der Waals surface area contributed by atoms with E-state index in [1.54, 1.807) is 6.07 Å². The van der Waals surface area contributed by atoms with Gasteiger partial charge in [0.1, 0.15) is 5.75 Å². The Labute approximate surface area is 153 Å². The van der Waals surface area contributed by atoms with Gasteiger partial charge < -0.3 is 5.11 Å². The molecular weight excluding hydrogens is 330 g/mol. The molecule has 1 N–H and O–H groups in total. The topological polar surface area (TPSA) is 23.5 Å². The maximum atomic E-state index is 9.85. The molecule has 0 radical (unpaired) electrons. The predicted molar refractivity (Wildman–Crippen MR) is 102 cm³/mol. The van der Waals surface area contributed by atoms with Gasteiger partial charge in [-0.05, 0) is 52.9 Å². The highest BCUT2D eigenvalue weighted by Crippen LogP contribution is 2.37. The van der Waals surface area contributed by atoms with Gasteiger partial charge in [0.05, 0.1) is 6.04 Å². The van der Waals surface area contributed by atoms with Crippen LogP contribution in [0.25, 0.3) is 0 Å². The quantitative estimate of drug-likeness (QED) is 0.703. The molecule has 3 aromatic carbocycles. The summed E-state index contributed by atoms with van der Waals surface area (Å²) in [5.41, 5.74) is 5.03. The summed E-state index contributed by atoms with van der Waals surface area (Å²) in [4.78, 5) is 2.50. The lowest BCUT2D eigenvalue weighted by molar-refractivity contribution is 0.204. The average Bonchev–Trinajstić information content (AvgIpc) is 2.63. The summed E-state index contributed by atoms with van der Waals surface area (Å²) in [6, 6.07) is 24.6. The van der Waals surface area contributed by atoms with Crippen LogP contribution in [0.3, 0.4) is 0 Å². The molecular formula is C22H20ClNO. The fourth-order valence-electron chi connectivity index (χ4n) is 3.69. The molecule has 1 aliphatic heterocycles. The minimum absolute atomic E-state index is 0.168. The number of hydrogen-bond donors (Lipinski definition) is 1. The molecule has 2 nitrogen and oxygen atoms in total. The van der Waals surface area contributed by atoms with Gasteiger partial charge in [-0.2, -0.15) is 0 Å². The van der Waals surface area contributed by atoms with Crippen LogP contribution in [-0.4, -0.2) is 16.6 Å². The smallest absolute Gasteiger partial charge is 0.115 e. The minimum Gasteiger partial charge on any atom is -0.508 e. The summed E-state index contributed by atoms with van der Waals surface area (Å²) < 4.78 is 0. The van der Waals surface area contributed by atoms with Gasteiger partial charge in [0.25, 0.3) is 0 Å². The Morgan fingerprint density at radius 1 is 0.960 bits per heavy atom. The van der Waals surface area contributed by atoms with Gasteiger partial charge >= 0.3 is 0 Å². The van der Waals surface area contributed by atoms with E-state index in [9.17, 15) is 5.11 Å². The molecule has 0 fully saturated rings. The number of halogens is 1. The highest BCUT2D eigenvalue weighted by molar-refractivity contribution is 6.30. The largest absolute Gasteiger partial charge is 0.508 e. The van der Waals surface area contributed by atoms with Gasteiger partial charge in [-0.3, -0.25) is 4.90 Å². The zero-order chi connectivity index (χ0) is 17.2. The average molecular weight is 350 g/mol. The second-order valence-corrected chi connectivity index (χ2v) is 6.98. The second kappa shape index (κ2) is 6.91. The molecule has 0 bridgehead atoms. The summed E-state index contributed by atoms with van der Waals surface area (Å²) in [6.07, 6.45) is 0.945. The monoisotopic (exact) mass is 349 g/mol. The molecule has 4 rings (SSSR count). The van der Waals surface area contributed by atoms with E-state index in [1.807, 2.05) is 18.2 Å². The molecule has 3 aromatic rings. The zero-order valence-electron chi connectivity index (χ0n) is 13.9. The fraction of sp³-hybridized carbons (Fsp3) is 0.182. The van der Waals surface area contributed by atoms with Crippen LogP contribution in [0.2, 0.25) is 5.02 Å². The Hall–Kier alpha value is -2.29. The molecule has 0 saturated carbocycles. The van der Waals surface area contributed by atoms with Gasteiger partial charge in [0.15, 0.2) is 0 Å². The number of aromatic hydroxyl groups is 1. The van der Waals surface area contributed by atoms with E-state index >= 15 is 0 Å². The number of benzene rings is 3. The zero-order valence-corrected chi connectivity index (χ0v) is 14.7. The number of phenols is 1. The molecule has 25 heavy (non-hydrogen) atoms. The van der Waals surface area contributed by atoms with Crippen LogP contribution in [0, 0.1) is 0 Å². The first-order chi connectivity index (χ1) is 12.2. The predicted octanol–water partition coefficient (Wildman–Crippen LogP) is 5.19. The Morgan fingerprint density at radius 3 is 2.48 bits per heavy atom. The van der Waals surface area contributed by atoms with E-state index in [4.69, 9.17) is 11.6 Å². The van der Waals surface area contributed by atoms with Gasteiger partial charge in [-0.15, -0.1) is 0 Å². The van der Waals surface area contributed by atoms with E-state index in [2.05, 4.69) is 53.4 Å². The molecule has 126 valence electrons. The summed E-state index contributed by atoms with van der Waals surface area (Å²) in [7, 11) is 0. The van der Waals surface area contributed by atoms with Crippen molar-refractivity contribution in [3.05, 3.63) is 100 Å². The molecule has 0 spiro atoms. The highest BCUT2D eigenvalue weighted by Gasteiger charge is 2.28. The second-order valence-electron chi connectivity index (χ2n) is 6.54. The van der Waals surface area contributed by atoms with Crippen LogP contribution in [0.5, 0.6) is 5.75 Å². The maximum Gasteiger partial charge on any atom is 0.115 e. The first-order valence-electron chi connectivity index (χ1n) is 8.56. The van der Waals surface area contributed by atoms with Gasteiger partial charge in [-0.25, -0.2) is 0 Å².